The highest BCUT2D eigenvalue weighted by atomic mass is 16.6. The summed E-state index contributed by atoms with van der Waals surface area (Å²) >= 11 is 0. The van der Waals surface area contributed by atoms with Gasteiger partial charge < -0.3 is 30.3 Å². The van der Waals surface area contributed by atoms with Gasteiger partial charge in [-0.25, -0.2) is 0 Å². The Morgan fingerprint density at radius 1 is 0.917 bits per heavy atom. The molecular weight excluding hydrogens is 168 g/mol. The molecule has 1 heterocycles. The Labute approximate surface area is 68.6 Å². The molecule has 1 rings (SSSR count). The van der Waals surface area contributed by atoms with E-state index in [1.165, 1.54) is 0 Å². The summed E-state index contributed by atoms with van der Waals surface area (Å²) in [6.45, 7) is -0.526. The molecule has 1 saturated heterocycles. The number of ether oxygens (including phenoxy) is 1. The van der Waals surface area contributed by atoms with Gasteiger partial charge in [-0.15, -0.1) is 0 Å². The lowest BCUT2D eigenvalue weighted by Gasteiger charge is -2.37. The molecule has 6 nitrogen and oxygen atoms in total. The maximum absolute atomic E-state index is 9.12. The van der Waals surface area contributed by atoms with E-state index in [-0.39, 0.29) is 0 Å². The third-order valence-electron chi connectivity index (χ3n) is 1.87. The smallest absolute Gasteiger partial charge is 0.184 e. The minimum atomic E-state index is -1.57. The van der Waals surface area contributed by atoms with Crippen LogP contribution in [0.25, 0.3) is 0 Å². The molecule has 0 bridgehead atoms. The first-order chi connectivity index (χ1) is 5.57. The molecule has 1 aliphatic rings. The van der Waals surface area contributed by atoms with E-state index >= 15 is 0 Å². The van der Waals surface area contributed by atoms with Crippen LogP contribution >= 0.6 is 0 Å². The molecular formula is C6H12O6. The fraction of sp³-hybridized carbons (Fsp3) is 1.00. The second kappa shape index (κ2) is 3.65. The van der Waals surface area contributed by atoms with Crippen LogP contribution in [0.5, 0.6) is 0 Å². The van der Waals surface area contributed by atoms with Gasteiger partial charge >= 0.3 is 0 Å². The average molecular weight is 180 g/mol. The van der Waals surface area contributed by atoms with Gasteiger partial charge in [0.15, 0.2) is 6.29 Å². The van der Waals surface area contributed by atoms with Crippen molar-refractivity contribution < 1.29 is 30.3 Å². The van der Waals surface area contributed by atoms with Gasteiger partial charge in [0, 0.05) is 0 Å². The molecule has 0 spiro atoms. The standard InChI is InChI=1S/C6H12O6/c7-1-2-3(8)4(9)5(10)6(11)12-2/h2-11H,1H2/t2?,3-,4?,5-,6?/m1/s1. The summed E-state index contributed by atoms with van der Waals surface area (Å²) in [4.78, 5) is 0. The number of aliphatic hydroxyl groups excluding tert-OH is 5. The molecule has 3 unspecified atom stereocenters. The van der Waals surface area contributed by atoms with Crippen molar-refractivity contribution in [3.63, 3.8) is 0 Å². The van der Waals surface area contributed by atoms with E-state index in [0.29, 0.717) is 0 Å². The Morgan fingerprint density at radius 2 is 1.50 bits per heavy atom. The Bertz CT molecular complexity index is 146. The molecule has 0 radical (unpaired) electrons. The van der Waals surface area contributed by atoms with Gasteiger partial charge in [-0.05, 0) is 0 Å². The first-order valence-electron chi connectivity index (χ1n) is 3.56. The van der Waals surface area contributed by atoms with Crippen LogP contribution in [-0.4, -0.2) is 62.8 Å². The summed E-state index contributed by atoms with van der Waals surface area (Å²) in [7, 11) is 0. The van der Waals surface area contributed by atoms with E-state index in [1.807, 2.05) is 0 Å². The third kappa shape index (κ3) is 1.58. The zero-order valence-corrected chi connectivity index (χ0v) is 6.24. The van der Waals surface area contributed by atoms with E-state index < -0.39 is 37.3 Å². The predicted molar refractivity (Wildman–Crippen MR) is 36.0 cm³/mol. The Morgan fingerprint density at radius 3 is 2.00 bits per heavy atom. The minimum absolute atomic E-state index is 0.526. The average Bonchev–Trinajstić information content (AvgIpc) is 2.08. The molecule has 5 atom stereocenters. The monoisotopic (exact) mass is 180 g/mol. The second-order valence-corrected chi connectivity index (χ2v) is 2.72. The molecule has 12 heavy (non-hydrogen) atoms. The van der Waals surface area contributed by atoms with E-state index in [9.17, 15) is 0 Å². The van der Waals surface area contributed by atoms with Gasteiger partial charge in [0.1, 0.15) is 24.4 Å². The van der Waals surface area contributed by atoms with Crippen LogP contribution in [0.15, 0.2) is 0 Å². The Hall–Kier alpha value is -0.240. The number of rotatable bonds is 1. The zero-order valence-electron chi connectivity index (χ0n) is 6.24. The molecule has 72 valence electrons. The Kier molecular flexibility index (Phi) is 2.99. The SMILES string of the molecule is OCC1OC(O)[C@H](O)C(O)[C@@H]1O. The zero-order chi connectivity index (χ0) is 9.30. The summed E-state index contributed by atoms with van der Waals surface area (Å²) in [6, 6.07) is 0. The van der Waals surface area contributed by atoms with Crippen LogP contribution < -0.4 is 0 Å². The minimum Gasteiger partial charge on any atom is -0.394 e. The van der Waals surface area contributed by atoms with Crippen molar-refractivity contribution in [2.24, 2.45) is 0 Å². The van der Waals surface area contributed by atoms with Crippen LogP contribution in [0.1, 0.15) is 0 Å². The highest BCUT2D eigenvalue weighted by molar-refractivity contribution is 4.87. The van der Waals surface area contributed by atoms with Crippen LogP contribution in [0, 0.1) is 0 Å². The Balaban J connectivity index is 2.63. The van der Waals surface area contributed by atoms with E-state index in [1.54, 1.807) is 0 Å². The second-order valence-electron chi connectivity index (χ2n) is 2.72. The lowest BCUT2D eigenvalue weighted by atomic mass is 10.00. The van der Waals surface area contributed by atoms with E-state index in [4.69, 9.17) is 25.5 Å². The number of aliphatic hydroxyl groups is 5. The van der Waals surface area contributed by atoms with E-state index in [0.717, 1.165) is 0 Å². The van der Waals surface area contributed by atoms with Gasteiger partial charge in [0.25, 0.3) is 0 Å². The summed E-state index contributed by atoms with van der Waals surface area (Å²) in [5, 5.41) is 44.7. The maximum atomic E-state index is 9.12. The summed E-state index contributed by atoms with van der Waals surface area (Å²) in [5.74, 6) is 0. The van der Waals surface area contributed by atoms with Gasteiger partial charge in [-0.2, -0.15) is 0 Å². The van der Waals surface area contributed by atoms with Gasteiger partial charge in [-0.1, -0.05) is 0 Å². The van der Waals surface area contributed by atoms with Crippen molar-refractivity contribution >= 4 is 0 Å². The van der Waals surface area contributed by atoms with Crippen molar-refractivity contribution in [1.82, 2.24) is 0 Å². The fourth-order valence-electron chi connectivity index (χ4n) is 1.08. The topological polar surface area (TPSA) is 110 Å². The first kappa shape index (κ1) is 9.85. The lowest BCUT2D eigenvalue weighted by molar-refractivity contribution is -0.286. The van der Waals surface area contributed by atoms with Gasteiger partial charge in [0.05, 0.1) is 6.61 Å². The molecule has 1 aliphatic heterocycles. The van der Waals surface area contributed by atoms with Crippen LogP contribution in [0.4, 0.5) is 0 Å². The van der Waals surface area contributed by atoms with Crippen molar-refractivity contribution in [1.29, 1.82) is 0 Å². The summed E-state index contributed by atoms with van der Waals surface area (Å²) < 4.78 is 4.58. The summed E-state index contributed by atoms with van der Waals surface area (Å²) in [5.41, 5.74) is 0. The number of hydrogen-bond donors (Lipinski definition) is 5. The highest BCUT2D eigenvalue weighted by Gasteiger charge is 2.42. The van der Waals surface area contributed by atoms with Crippen molar-refractivity contribution in [3.05, 3.63) is 0 Å². The molecule has 0 amide bonds. The quantitative estimate of drug-likeness (QED) is 0.290. The molecule has 6 heteroatoms. The largest absolute Gasteiger partial charge is 0.394 e. The van der Waals surface area contributed by atoms with Crippen molar-refractivity contribution in [2.75, 3.05) is 6.61 Å². The third-order valence-corrected chi connectivity index (χ3v) is 1.87. The molecule has 0 saturated carbocycles. The normalized spacial score (nSPS) is 49.2. The van der Waals surface area contributed by atoms with Gasteiger partial charge in [0.2, 0.25) is 0 Å². The van der Waals surface area contributed by atoms with Crippen LogP contribution in [0.2, 0.25) is 0 Å². The predicted octanol–water partition coefficient (Wildman–Crippen LogP) is -3.22. The van der Waals surface area contributed by atoms with E-state index in [2.05, 4.69) is 4.74 Å². The molecule has 0 aromatic carbocycles. The summed E-state index contributed by atoms with van der Waals surface area (Å²) in [6.07, 6.45) is -7.04. The molecule has 0 aromatic heterocycles. The fourth-order valence-corrected chi connectivity index (χ4v) is 1.08. The molecule has 0 aromatic rings. The molecule has 5 N–H and O–H groups in total. The van der Waals surface area contributed by atoms with Crippen LogP contribution in [0.3, 0.4) is 0 Å². The molecule has 1 fully saturated rings. The van der Waals surface area contributed by atoms with Crippen molar-refractivity contribution in [2.45, 2.75) is 30.7 Å². The lowest BCUT2D eigenvalue weighted by Crippen LogP contribution is -2.58. The van der Waals surface area contributed by atoms with Crippen LogP contribution in [-0.2, 0) is 4.74 Å². The van der Waals surface area contributed by atoms with Crippen molar-refractivity contribution in [3.8, 4) is 0 Å². The van der Waals surface area contributed by atoms with Gasteiger partial charge in [-0.3, -0.25) is 0 Å². The molecule has 0 aliphatic carbocycles. The number of hydrogen-bond acceptors (Lipinski definition) is 6. The first-order valence-corrected chi connectivity index (χ1v) is 3.56. The highest BCUT2D eigenvalue weighted by Crippen LogP contribution is 2.18. The maximum Gasteiger partial charge on any atom is 0.184 e.